The van der Waals surface area contributed by atoms with Crippen molar-refractivity contribution < 1.29 is 21.6 Å². The first-order chi connectivity index (χ1) is 9.58. The van der Waals surface area contributed by atoms with Crippen LogP contribution in [0.5, 0.6) is 5.75 Å². The van der Waals surface area contributed by atoms with Crippen LogP contribution in [-0.4, -0.2) is 34.9 Å². The summed E-state index contributed by atoms with van der Waals surface area (Å²) < 4.78 is 51.4. The van der Waals surface area contributed by atoms with Gasteiger partial charge in [0.15, 0.2) is 9.84 Å². The largest absolute Gasteiger partial charge is 0.492 e. The maximum atomic E-state index is 11.6. The average Bonchev–Trinajstić information content (AvgIpc) is 2.32. The fraction of sp³-hybridized carbons (Fsp3) is 0.538. The molecule has 0 radical (unpaired) electrons. The van der Waals surface area contributed by atoms with Crippen molar-refractivity contribution in [2.75, 3.05) is 18.1 Å². The number of rotatable bonds is 7. The molecule has 0 saturated heterocycles. The molecule has 0 unspecified atom stereocenters. The van der Waals surface area contributed by atoms with Crippen LogP contribution in [0.15, 0.2) is 17.0 Å². The summed E-state index contributed by atoms with van der Waals surface area (Å²) in [6.07, 6.45) is 0.572. The molecular formula is C13H19ClO5S2. The van der Waals surface area contributed by atoms with Crippen molar-refractivity contribution >= 4 is 29.6 Å². The van der Waals surface area contributed by atoms with Gasteiger partial charge in [-0.2, -0.15) is 0 Å². The summed E-state index contributed by atoms with van der Waals surface area (Å²) in [5, 5.41) is 0. The zero-order chi connectivity index (χ0) is 16.3. The summed E-state index contributed by atoms with van der Waals surface area (Å²) in [6.45, 7) is 5.18. The molecule has 0 aliphatic rings. The van der Waals surface area contributed by atoms with Gasteiger partial charge in [0.1, 0.15) is 12.4 Å². The third-order valence-electron chi connectivity index (χ3n) is 3.12. The molecule has 0 bridgehead atoms. The van der Waals surface area contributed by atoms with Gasteiger partial charge in [0.2, 0.25) is 0 Å². The van der Waals surface area contributed by atoms with Gasteiger partial charge in [-0.05, 0) is 43.5 Å². The Bertz CT molecular complexity index is 708. The Morgan fingerprint density at radius 2 is 1.67 bits per heavy atom. The zero-order valence-electron chi connectivity index (χ0n) is 12.2. The van der Waals surface area contributed by atoms with Gasteiger partial charge in [0.25, 0.3) is 9.05 Å². The molecule has 0 aliphatic carbocycles. The van der Waals surface area contributed by atoms with E-state index in [-0.39, 0.29) is 23.0 Å². The molecule has 1 aromatic rings. The Labute approximate surface area is 130 Å². The molecule has 120 valence electrons. The predicted octanol–water partition coefficient (Wildman–Crippen LogP) is 2.43. The fourth-order valence-corrected chi connectivity index (χ4v) is 4.30. The minimum absolute atomic E-state index is 0.0348. The van der Waals surface area contributed by atoms with Crippen molar-refractivity contribution in [3.05, 3.63) is 23.3 Å². The molecular weight excluding hydrogens is 336 g/mol. The summed E-state index contributed by atoms with van der Waals surface area (Å²) in [5.41, 5.74) is 1.13. The van der Waals surface area contributed by atoms with E-state index in [0.717, 1.165) is 0 Å². The molecule has 8 heteroatoms. The summed E-state index contributed by atoms with van der Waals surface area (Å²) in [4.78, 5) is 0.0348. The lowest BCUT2D eigenvalue weighted by atomic mass is 10.1. The second kappa shape index (κ2) is 6.98. The van der Waals surface area contributed by atoms with Gasteiger partial charge in [-0.1, -0.05) is 6.92 Å². The Morgan fingerprint density at radius 1 is 1.05 bits per heavy atom. The normalized spacial score (nSPS) is 12.4. The Morgan fingerprint density at radius 3 is 2.19 bits per heavy atom. The first-order valence-corrected chi connectivity index (χ1v) is 10.6. The lowest BCUT2D eigenvalue weighted by Crippen LogP contribution is -2.17. The topological polar surface area (TPSA) is 77.5 Å². The van der Waals surface area contributed by atoms with Crippen LogP contribution < -0.4 is 4.74 Å². The summed E-state index contributed by atoms with van der Waals surface area (Å²) in [5.74, 6) is 0.537. The number of sulfone groups is 1. The van der Waals surface area contributed by atoms with Crippen LogP contribution in [0, 0.1) is 13.8 Å². The smallest absolute Gasteiger partial charge is 0.261 e. The van der Waals surface area contributed by atoms with E-state index in [9.17, 15) is 16.8 Å². The van der Waals surface area contributed by atoms with Gasteiger partial charge in [-0.3, -0.25) is 0 Å². The number of hydrogen-bond acceptors (Lipinski definition) is 5. The van der Waals surface area contributed by atoms with Gasteiger partial charge >= 0.3 is 0 Å². The van der Waals surface area contributed by atoms with E-state index < -0.39 is 18.9 Å². The highest BCUT2D eigenvalue weighted by Crippen LogP contribution is 2.28. The molecule has 0 fully saturated rings. The van der Waals surface area contributed by atoms with Crippen molar-refractivity contribution in [2.45, 2.75) is 32.1 Å². The van der Waals surface area contributed by atoms with E-state index in [0.29, 0.717) is 23.3 Å². The highest BCUT2D eigenvalue weighted by Gasteiger charge is 2.17. The van der Waals surface area contributed by atoms with E-state index in [1.54, 1.807) is 20.8 Å². The first kappa shape index (κ1) is 18.3. The van der Waals surface area contributed by atoms with Crippen molar-refractivity contribution in [1.29, 1.82) is 0 Å². The maximum absolute atomic E-state index is 11.6. The van der Waals surface area contributed by atoms with Crippen LogP contribution in [0.1, 0.15) is 24.5 Å². The number of hydrogen-bond donors (Lipinski definition) is 0. The van der Waals surface area contributed by atoms with Crippen LogP contribution in [-0.2, 0) is 18.9 Å². The van der Waals surface area contributed by atoms with Crippen LogP contribution in [0.25, 0.3) is 0 Å². The number of benzene rings is 1. The Hall–Kier alpha value is -0.790. The average molecular weight is 355 g/mol. The van der Waals surface area contributed by atoms with Crippen molar-refractivity contribution in [3.8, 4) is 5.75 Å². The van der Waals surface area contributed by atoms with E-state index in [2.05, 4.69) is 0 Å². The molecule has 0 N–H and O–H groups in total. The van der Waals surface area contributed by atoms with Crippen molar-refractivity contribution in [3.63, 3.8) is 0 Å². The lowest BCUT2D eigenvalue weighted by Gasteiger charge is -2.13. The molecule has 1 aromatic carbocycles. The van der Waals surface area contributed by atoms with Gasteiger partial charge in [-0.25, -0.2) is 16.8 Å². The highest BCUT2D eigenvalue weighted by atomic mass is 35.7. The molecule has 0 amide bonds. The van der Waals surface area contributed by atoms with Gasteiger partial charge in [0.05, 0.1) is 16.4 Å². The Balaban J connectivity index is 2.86. The number of ether oxygens (including phenoxy) is 1. The minimum atomic E-state index is -3.80. The minimum Gasteiger partial charge on any atom is -0.492 e. The SMILES string of the molecule is CCCS(=O)(=O)CCOc1ccc(S(=O)(=O)Cl)c(C)c1C. The van der Waals surface area contributed by atoms with Crippen molar-refractivity contribution in [2.24, 2.45) is 0 Å². The maximum Gasteiger partial charge on any atom is 0.261 e. The third kappa shape index (κ3) is 5.16. The van der Waals surface area contributed by atoms with Crippen LogP contribution >= 0.6 is 10.7 Å². The fourth-order valence-electron chi connectivity index (χ4n) is 1.88. The molecule has 21 heavy (non-hydrogen) atoms. The molecule has 0 aliphatic heterocycles. The van der Waals surface area contributed by atoms with E-state index in [1.807, 2.05) is 0 Å². The van der Waals surface area contributed by atoms with Crippen LogP contribution in [0.4, 0.5) is 0 Å². The quantitative estimate of drug-likeness (QED) is 0.703. The van der Waals surface area contributed by atoms with Crippen LogP contribution in [0.3, 0.4) is 0 Å². The lowest BCUT2D eigenvalue weighted by molar-refractivity contribution is 0.338. The predicted molar refractivity (Wildman–Crippen MR) is 83.4 cm³/mol. The van der Waals surface area contributed by atoms with E-state index in [1.165, 1.54) is 12.1 Å². The Kier molecular flexibility index (Phi) is 6.07. The molecule has 0 spiro atoms. The molecule has 5 nitrogen and oxygen atoms in total. The summed E-state index contributed by atoms with van der Waals surface area (Å²) >= 11 is 0. The van der Waals surface area contributed by atoms with Crippen molar-refractivity contribution in [1.82, 2.24) is 0 Å². The molecule has 0 heterocycles. The standard InChI is InChI=1S/C13H19ClO5S2/c1-4-8-20(15,16)9-7-19-12-5-6-13(21(14,17)18)11(3)10(12)2/h5-6H,4,7-9H2,1-3H3. The second-order valence-electron chi connectivity index (χ2n) is 4.75. The van der Waals surface area contributed by atoms with Gasteiger partial charge in [0, 0.05) is 10.7 Å². The molecule has 0 atom stereocenters. The first-order valence-electron chi connectivity index (χ1n) is 6.46. The summed E-state index contributed by atoms with van der Waals surface area (Å²) in [6, 6.07) is 2.85. The van der Waals surface area contributed by atoms with Gasteiger partial charge in [-0.15, -0.1) is 0 Å². The van der Waals surface area contributed by atoms with Crippen LogP contribution in [0.2, 0.25) is 0 Å². The van der Waals surface area contributed by atoms with Gasteiger partial charge < -0.3 is 4.74 Å². The third-order valence-corrected chi connectivity index (χ3v) is 6.40. The summed E-state index contributed by atoms with van der Waals surface area (Å²) in [7, 11) is -1.56. The number of halogens is 1. The monoisotopic (exact) mass is 354 g/mol. The van der Waals surface area contributed by atoms with E-state index >= 15 is 0 Å². The molecule has 0 saturated carbocycles. The zero-order valence-corrected chi connectivity index (χ0v) is 14.6. The second-order valence-corrected chi connectivity index (χ2v) is 9.59. The van der Waals surface area contributed by atoms with E-state index in [4.69, 9.17) is 15.4 Å². The highest BCUT2D eigenvalue weighted by molar-refractivity contribution is 8.13. The molecule has 1 rings (SSSR count). The molecule has 0 aromatic heterocycles.